The molecular formula is C17H23F3N2O3. The third-order valence-corrected chi connectivity index (χ3v) is 3.85. The largest absolute Gasteiger partial charge is 0.444 e. The zero-order chi connectivity index (χ0) is 18.8. The number of amides is 1. The summed E-state index contributed by atoms with van der Waals surface area (Å²) in [5.41, 5.74) is -0.585. The summed E-state index contributed by atoms with van der Waals surface area (Å²) in [5, 5.41) is 9.43. The van der Waals surface area contributed by atoms with E-state index in [9.17, 15) is 23.1 Å². The normalized spacial score (nSPS) is 16.1. The molecule has 1 N–H and O–H groups in total. The number of piperazine rings is 1. The van der Waals surface area contributed by atoms with E-state index in [2.05, 4.69) is 0 Å². The second-order valence-corrected chi connectivity index (χ2v) is 6.95. The number of alkyl halides is 3. The number of halogens is 3. The number of rotatable bonds is 2. The van der Waals surface area contributed by atoms with Crippen molar-refractivity contribution in [1.82, 2.24) is 4.90 Å². The van der Waals surface area contributed by atoms with E-state index in [4.69, 9.17) is 4.74 Å². The van der Waals surface area contributed by atoms with E-state index in [1.54, 1.807) is 25.7 Å². The second kappa shape index (κ2) is 7.11. The Kier molecular flexibility index (Phi) is 5.51. The van der Waals surface area contributed by atoms with Crippen molar-refractivity contribution in [3.8, 4) is 0 Å². The predicted octanol–water partition coefficient (Wildman–Crippen LogP) is 3.25. The predicted molar refractivity (Wildman–Crippen MR) is 87.4 cm³/mol. The van der Waals surface area contributed by atoms with Crippen LogP contribution in [0.3, 0.4) is 0 Å². The van der Waals surface area contributed by atoms with Gasteiger partial charge in [-0.2, -0.15) is 13.2 Å². The molecule has 2 rings (SSSR count). The minimum absolute atomic E-state index is 0.223. The number of nitrogens with zero attached hydrogens (tertiary/aromatic N) is 2. The van der Waals surface area contributed by atoms with Crippen LogP contribution in [-0.4, -0.2) is 47.9 Å². The Bertz CT molecular complexity index is 619. The van der Waals surface area contributed by atoms with E-state index in [-0.39, 0.29) is 5.56 Å². The standard InChI is InChI=1S/C17H23F3N2O3/c1-16(2,3)25-15(24)22-8-6-21(7-9-22)14-5-4-13(17(18,19)20)10-12(14)11-23/h4-5,10,23H,6-9,11H2,1-3H3. The first-order valence-corrected chi connectivity index (χ1v) is 8.05. The van der Waals surface area contributed by atoms with Gasteiger partial charge in [-0.1, -0.05) is 0 Å². The lowest BCUT2D eigenvalue weighted by atomic mass is 10.1. The van der Waals surface area contributed by atoms with Crippen LogP contribution < -0.4 is 4.90 Å². The van der Waals surface area contributed by atoms with E-state index in [0.717, 1.165) is 12.1 Å². The Balaban J connectivity index is 2.07. The maximum Gasteiger partial charge on any atom is 0.416 e. The van der Waals surface area contributed by atoms with Crippen molar-refractivity contribution < 1.29 is 27.8 Å². The number of benzene rings is 1. The molecule has 0 unspecified atom stereocenters. The molecule has 0 aromatic heterocycles. The summed E-state index contributed by atoms with van der Waals surface area (Å²) in [5.74, 6) is 0. The summed E-state index contributed by atoms with van der Waals surface area (Å²) in [6.07, 6.45) is -4.85. The summed E-state index contributed by atoms with van der Waals surface area (Å²) in [6.45, 7) is 6.60. The van der Waals surface area contributed by atoms with Crippen LogP contribution in [0.4, 0.5) is 23.7 Å². The molecule has 1 aliphatic rings. The average molecular weight is 360 g/mol. The topological polar surface area (TPSA) is 53.0 Å². The molecule has 1 saturated heterocycles. The van der Waals surface area contributed by atoms with Crippen molar-refractivity contribution in [2.45, 2.75) is 39.2 Å². The van der Waals surface area contributed by atoms with Crippen LogP contribution >= 0.6 is 0 Å². The Morgan fingerprint density at radius 2 is 1.76 bits per heavy atom. The summed E-state index contributed by atoms with van der Waals surface area (Å²) < 4.78 is 43.7. The second-order valence-electron chi connectivity index (χ2n) is 6.95. The Hall–Kier alpha value is -1.96. The summed E-state index contributed by atoms with van der Waals surface area (Å²) in [7, 11) is 0. The third-order valence-electron chi connectivity index (χ3n) is 3.85. The first-order chi connectivity index (χ1) is 11.5. The van der Waals surface area contributed by atoms with E-state index in [1.807, 2.05) is 4.90 Å². The molecule has 0 aliphatic carbocycles. The molecule has 1 aromatic carbocycles. The van der Waals surface area contributed by atoms with E-state index in [1.165, 1.54) is 6.07 Å². The molecule has 1 heterocycles. The number of hydrogen-bond donors (Lipinski definition) is 1. The minimum Gasteiger partial charge on any atom is -0.444 e. The van der Waals surface area contributed by atoms with Gasteiger partial charge in [-0.25, -0.2) is 4.79 Å². The summed E-state index contributed by atoms with van der Waals surface area (Å²) in [6, 6.07) is 3.35. The number of carbonyl (C=O) groups excluding carboxylic acids is 1. The van der Waals surface area contributed by atoms with Crippen molar-refractivity contribution >= 4 is 11.8 Å². The van der Waals surface area contributed by atoms with Gasteiger partial charge in [-0.15, -0.1) is 0 Å². The number of hydrogen-bond acceptors (Lipinski definition) is 4. The summed E-state index contributed by atoms with van der Waals surface area (Å²) in [4.78, 5) is 15.5. The van der Waals surface area contributed by atoms with Gasteiger partial charge in [0.05, 0.1) is 12.2 Å². The molecule has 0 radical (unpaired) electrons. The molecule has 0 saturated carbocycles. The fourth-order valence-electron chi connectivity index (χ4n) is 2.65. The van der Waals surface area contributed by atoms with Crippen LogP contribution in [0.5, 0.6) is 0 Å². The molecule has 1 aliphatic heterocycles. The maximum absolute atomic E-state index is 12.8. The van der Waals surface area contributed by atoms with Crippen molar-refractivity contribution in [2.24, 2.45) is 0 Å². The fraction of sp³-hybridized carbons (Fsp3) is 0.588. The van der Waals surface area contributed by atoms with Crippen LogP contribution in [0.15, 0.2) is 18.2 Å². The first kappa shape index (κ1) is 19.4. The monoisotopic (exact) mass is 360 g/mol. The summed E-state index contributed by atoms with van der Waals surface area (Å²) >= 11 is 0. The number of anilines is 1. The van der Waals surface area contributed by atoms with Crippen molar-refractivity contribution in [1.29, 1.82) is 0 Å². The van der Waals surface area contributed by atoms with Gasteiger partial charge in [-0.3, -0.25) is 0 Å². The lowest BCUT2D eigenvalue weighted by molar-refractivity contribution is -0.137. The molecule has 0 atom stereocenters. The SMILES string of the molecule is CC(C)(C)OC(=O)N1CCN(c2ccc(C(F)(F)F)cc2CO)CC1. The smallest absolute Gasteiger partial charge is 0.416 e. The quantitative estimate of drug-likeness (QED) is 0.880. The highest BCUT2D eigenvalue weighted by Crippen LogP contribution is 2.33. The van der Waals surface area contributed by atoms with E-state index in [0.29, 0.717) is 31.9 Å². The Labute approximate surface area is 145 Å². The van der Waals surface area contributed by atoms with Gasteiger partial charge in [0, 0.05) is 37.4 Å². The number of aliphatic hydroxyl groups is 1. The molecule has 1 amide bonds. The molecule has 25 heavy (non-hydrogen) atoms. The zero-order valence-electron chi connectivity index (χ0n) is 14.6. The Morgan fingerprint density at radius 3 is 2.24 bits per heavy atom. The first-order valence-electron chi connectivity index (χ1n) is 8.05. The van der Waals surface area contributed by atoms with Gasteiger partial charge in [0.15, 0.2) is 0 Å². The molecule has 1 aromatic rings. The molecule has 8 heteroatoms. The van der Waals surface area contributed by atoms with Gasteiger partial charge < -0.3 is 19.6 Å². The number of aliphatic hydroxyl groups excluding tert-OH is 1. The van der Waals surface area contributed by atoms with Crippen LogP contribution in [0.2, 0.25) is 0 Å². The number of carbonyl (C=O) groups is 1. The van der Waals surface area contributed by atoms with Gasteiger partial charge >= 0.3 is 12.3 Å². The Morgan fingerprint density at radius 1 is 1.16 bits per heavy atom. The van der Waals surface area contributed by atoms with Crippen LogP contribution in [0, 0.1) is 0 Å². The maximum atomic E-state index is 12.8. The van der Waals surface area contributed by atoms with E-state index < -0.39 is 30.0 Å². The lowest BCUT2D eigenvalue weighted by Gasteiger charge is -2.37. The number of ether oxygens (including phenoxy) is 1. The molecule has 0 spiro atoms. The molecule has 1 fully saturated rings. The van der Waals surface area contributed by atoms with Gasteiger partial charge in [0.25, 0.3) is 0 Å². The van der Waals surface area contributed by atoms with Gasteiger partial charge in [0.2, 0.25) is 0 Å². The molecule has 140 valence electrons. The van der Waals surface area contributed by atoms with E-state index >= 15 is 0 Å². The lowest BCUT2D eigenvalue weighted by Crippen LogP contribution is -2.50. The highest BCUT2D eigenvalue weighted by Gasteiger charge is 2.32. The van der Waals surface area contributed by atoms with Gasteiger partial charge in [-0.05, 0) is 39.0 Å². The molecule has 5 nitrogen and oxygen atoms in total. The van der Waals surface area contributed by atoms with Crippen molar-refractivity contribution in [3.63, 3.8) is 0 Å². The van der Waals surface area contributed by atoms with Crippen molar-refractivity contribution in [2.75, 3.05) is 31.1 Å². The molecule has 0 bridgehead atoms. The minimum atomic E-state index is -4.45. The van der Waals surface area contributed by atoms with Gasteiger partial charge in [0.1, 0.15) is 5.60 Å². The van der Waals surface area contributed by atoms with Crippen LogP contribution in [-0.2, 0) is 17.5 Å². The van der Waals surface area contributed by atoms with Crippen LogP contribution in [0.25, 0.3) is 0 Å². The van der Waals surface area contributed by atoms with Crippen molar-refractivity contribution in [3.05, 3.63) is 29.3 Å². The average Bonchev–Trinajstić information content (AvgIpc) is 2.52. The highest BCUT2D eigenvalue weighted by atomic mass is 19.4. The highest BCUT2D eigenvalue weighted by molar-refractivity contribution is 5.69. The van der Waals surface area contributed by atoms with Crippen LogP contribution in [0.1, 0.15) is 31.9 Å². The fourth-order valence-corrected chi connectivity index (χ4v) is 2.65. The third kappa shape index (κ3) is 5.01. The zero-order valence-corrected chi connectivity index (χ0v) is 14.6. The molecular weight excluding hydrogens is 337 g/mol.